The third-order valence-electron chi connectivity index (χ3n) is 4.92. The molecular weight excluding hydrogens is 334 g/mol. The largest absolute Gasteiger partial charge is 0.478 e. The number of hydrogen-bond donors (Lipinski definition) is 2. The van der Waals surface area contributed by atoms with Crippen LogP contribution in [-0.2, 0) is 14.3 Å². The predicted octanol–water partition coefficient (Wildman–Crippen LogP) is 3.71. The Morgan fingerprint density at radius 3 is 1.81 bits per heavy atom. The average Bonchev–Trinajstić information content (AvgIpc) is 2.62. The first-order valence-corrected chi connectivity index (χ1v) is 10.0. The van der Waals surface area contributed by atoms with Gasteiger partial charge in [0.1, 0.15) is 0 Å². The normalized spacial score (nSPS) is 16.3. The number of morpholine rings is 1. The predicted molar refractivity (Wildman–Crippen MR) is 101 cm³/mol. The van der Waals surface area contributed by atoms with Gasteiger partial charge in [0.15, 0.2) is 0 Å². The van der Waals surface area contributed by atoms with Crippen LogP contribution >= 0.6 is 0 Å². The van der Waals surface area contributed by atoms with E-state index in [1.807, 2.05) is 0 Å². The highest BCUT2D eigenvalue weighted by Gasteiger charge is 2.19. The molecule has 6 heteroatoms. The number of carbonyl (C=O) groups is 2. The quantitative estimate of drug-likeness (QED) is 0.358. The molecule has 0 aliphatic carbocycles. The molecule has 0 aromatic heterocycles. The number of hydrogen-bond acceptors (Lipinski definition) is 4. The molecule has 0 aromatic rings. The first-order chi connectivity index (χ1) is 12.6. The number of carboxylic acid groups (broad SMARTS) is 2. The number of nitrogens with zero attached hydrogens (tertiary/aromatic N) is 1. The van der Waals surface area contributed by atoms with Crippen molar-refractivity contribution < 1.29 is 24.5 Å². The summed E-state index contributed by atoms with van der Waals surface area (Å²) >= 11 is 0. The summed E-state index contributed by atoms with van der Waals surface area (Å²) in [5.74, 6) is -2.16. The maximum Gasteiger partial charge on any atom is 0.332 e. The van der Waals surface area contributed by atoms with E-state index in [2.05, 4.69) is 11.8 Å². The van der Waals surface area contributed by atoms with Gasteiger partial charge in [0.25, 0.3) is 0 Å². The van der Waals surface area contributed by atoms with Crippen LogP contribution in [0.1, 0.15) is 71.1 Å². The van der Waals surface area contributed by atoms with E-state index in [1.54, 1.807) is 0 Å². The monoisotopic (exact) mass is 369 g/mol. The van der Waals surface area contributed by atoms with E-state index < -0.39 is 11.9 Å². The Labute approximate surface area is 157 Å². The molecule has 1 heterocycles. The zero-order valence-electron chi connectivity index (χ0n) is 16.2. The minimum absolute atomic E-state index is 0.0990. The Morgan fingerprint density at radius 2 is 1.31 bits per heavy atom. The van der Waals surface area contributed by atoms with Crippen LogP contribution in [0.25, 0.3) is 0 Å². The fourth-order valence-corrected chi connectivity index (χ4v) is 3.32. The first kappa shape index (κ1) is 22.6. The molecule has 0 unspecified atom stereocenters. The second-order valence-corrected chi connectivity index (χ2v) is 7.00. The van der Waals surface area contributed by atoms with Crippen LogP contribution < -0.4 is 0 Å². The molecule has 0 spiro atoms. The van der Waals surface area contributed by atoms with Crippen LogP contribution in [0, 0.1) is 0 Å². The van der Waals surface area contributed by atoms with Gasteiger partial charge in [-0.05, 0) is 38.6 Å². The SMILES string of the molecule is CCCCCCC(C(=O)O)=C(CCCCCCN1CCOCC1)C(=O)O. The van der Waals surface area contributed by atoms with Crippen molar-refractivity contribution in [3.63, 3.8) is 0 Å². The third-order valence-corrected chi connectivity index (χ3v) is 4.92. The van der Waals surface area contributed by atoms with Crippen LogP contribution in [0.4, 0.5) is 0 Å². The Bertz CT molecular complexity index is 455. The van der Waals surface area contributed by atoms with Gasteiger partial charge in [0.05, 0.1) is 13.2 Å². The average molecular weight is 370 g/mol. The molecule has 0 aromatic carbocycles. The van der Waals surface area contributed by atoms with Crippen LogP contribution in [0.2, 0.25) is 0 Å². The van der Waals surface area contributed by atoms with Gasteiger partial charge in [0, 0.05) is 24.2 Å². The zero-order valence-corrected chi connectivity index (χ0v) is 16.2. The van der Waals surface area contributed by atoms with Crippen LogP contribution in [0.3, 0.4) is 0 Å². The molecule has 0 saturated carbocycles. The van der Waals surface area contributed by atoms with Gasteiger partial charge in [-0.2, -0.15) is 0 Å². The number of unbranched alkanes of at least 4 members (excludes halogenated alkanes) is 6. The van der Waals surface area contributed by atoms with Gasteiger partial charge >= 0.3 is 11.9 Å². The molecule has 0 atom stereocenters. The summed E-state index contributed by atoms with van der Waals surface area (Å²) < 4.78 is 5.33. The van der Waals surface area contributed by atoms with E-state index >= 15 is 0 Å². The van der Waals surface area contributed by atoms with Crippen LogP contribution in [0.15, 0.2) is 11.1 Å². The summed E-state index contributed by atoms with van der Waals surface area (Å²) in [6.07, 6.45) is 8.32. The summed E-state index contributed by atoms with van der Waals surface area (Å²) in [5, 5.41) is 18.8. The van der Waals surface area contributed by atoms with Crippen LogP contribution in [-0.4, -0.2) is 59.9 Å². The number of aliphatic carboxylic acids is 2. The van der Waals surface area contributed by atoms with Gasteiger partial charge < -0.3 is 14.9 Å². The fraction of sp³-hybridized carbons (Fsp3) is 0.800. The van der Waals surface area contributed by atoms with Gasteiger partial charge in [-0.25, -0.2) is 9.59 Å². The highest BCUT2D eigenvalue weighted by atomic mass is 16.5. The van der Waals surface area contributed by atoms with Crippen molar-refractivity contribution in [3.05, 3.63) is 11.1 Å². The maximum atomic E-state index is 11.5. The summed E-state index contributed by atoms with van der Waals surface area (Å²) in [6.45, 7) is 6.75. The van der Waals surface area contributed by atoms with Crippen molar-refractivity contribution in [1.82, 2.24) is 4.90 Å². The van der Waals surface area contributed by atoms with E-state index in [-0.39, 0.29) is 11.1 Å². The Hall–Kier alpha value is -1.40. The highest BCUT2D eigenvalue weighted by Crippen LogP contribution is 2.20. The molecule has 0 radical (unpaired) electrons. The van der Waals surface area contributed by atoms with E-state index in [0.29, 0.717) is 12.8 Å². The molecule has 1 rings (SSSR count). The molecule has 1 saturated heterocycles. The summed E-state index contributed by atoms with van der Waals surface area (Å²) in [7, 11) is 0. The van der Waals surface area contributed by atoms with Gasteiger partial charge in [-0.3, -0.25) is 4.90 Å². The molecule has 0 amide bonds. The van der Waals surface area contributed by atoms with Gasteiger partial charge in [0.2, 0.25) is 0 Å². The minimum atomic E-state index is -1.08. The van der Waals surface area contributed by atoms with Crippen molar-refractivity contribution in [3.8, 4) is 0 Å². The molecule has 6 nitrogen and oxygen atoms in total. The first-order valence-electron chi connectivity index (χ1n) is 10.0. The number of ether oxygens (including phenoxy) is 1. The Balaban J connectivity index is 2.36. The smallest absolute Gasteiger partial charge is 0.332 e. The summed E-state index contributed by atoms with van der Waals surface area (Å²) in [6, 6.07) is 0. The van der Waals surface area contributed by atoms with Gasteiger partial charge in [-0.1, -0.05) is 39.0 Å². The van der Waals surface area contributed by atoms with E-state index in [4.69, 9.17) is 4.74 Å². The minimum Gasteiger partial charge on any atom is -0.478 e. The lowest BCUT2D eigenvalue weighted by atomic mass is 9.96. The summed E-state index contributed by atoms with van der Waals surface area (Å²) in [4.78, 5) is 25.4. The zero-order chi connectivity index (χ0) is 19.2. The maximum absolute atomic E-state index is 11.5. The van der Waals surface area contributed by atoms with Crippen molar-refractivity contribution >= 4 is 11.9 Å². The molecule has 26 heavy (non-hydrogen) atoms. The second-order valence-electron chi connectivity index (χ2n) is 7.00. The summed E-state index contributed by atoms with van der Waals surface area (Å²) in [5.41, 5.74) is 0.198. The Kier molecular flexibility index (Phi) is 12.0. The molecule has 1 fully saturated rings. The molecule has 0 bridgehead atoms. The lowest BCUT2D eigenvalue weighted by molar-refractivity contribution is -0.136. The standard InChI is InChI=1S/C20H35NO5/c1-2-3-4-7-10-17(19(22)23)18(20(24)25)11-8-5-6-9-12-21-13-15-26-16-14-21/h2-16H2,1H3,(H,22,23)(H,24,25). The van der Waals surface area contributed by atoms with Crippen molar-refractivity contribution in [2.45, 2.75) is 71.1 Å². The van der Waals surface area contributed by atoms with Crippen molar-refractivity contribution in [2.24, 2.45) is 0 Å². The molecule has 1 aliphatic rings. The lowest BCUT2D eigenvalue weighted by Gasteiger charge is -2.26. The highest BCUT2D eigenvalue weighted by molar-refractivity contribution is 5.98. The molecule has 150 valence electrons. The van der Waals surface area contributed by atoms with Crippen molar-refractivity contribution in [1.29, 1.82) is 0 Å². The van der Waals surface area contributed by atoms with Gasteiger partial charge in [-0.15, -0.1) is 0 Å². The van der Waals surface area contributed by atoms with E-state index in [1.165, 1.54) is 0 Å². The molecule has 1 aliphatic heterocycles. The lowest BCUT2D eigenvalue weighted by Crippen LogP contribution is -2.36. The number of carboxylic acids is 2. The number of rotatable bonds is 14. The van der Waals surface area contributed by atoms with Crippen LogP contribution in [0.5, 0.6) is 0 Å². The van der Waals surface area contributed by atoms with E-state index in [0.717, 1.165) is 84.2 Å². The fourth-order valence-electron chi connectivity index (χ4n) is 3.32. The van der Waals surface area contributed by atoms with Crippen molar-refractivity contribution in [2.75, 3.05) is 32.8 Å². The van der Waals surface area contributed by atoms with E-state index in [9.17, 15) is 19.8 Å². The topological polar surface area (TPSA) is 87.1 Å². The molecular formula is C20H35NO5. The third kappa shape index (κ3) is 9.34. The second kappa shape index (κ2) is 13.8. The molecule has 2 N–H and O–H groups in total. The Morgan fingerprint density at radius 1 is 0.808 bits per heavy atom.